The first-order chi connectivity index (χ1) is 14.1. The molecule has 4 aromatic rings. The van der Waals surface area contributed by atoms with Crippen molar-refractivity contribution >= 4 is 56.7 Å². The van der Waals surface area contributed by atoms with E-state index in [9.17, 15) is 9.59 Å². The number of rotatable bonds is 5. The minimum atomic E-state index is -0.519. The Hall–Kier alpha value is -2.74. The van der Waals surface area contributed by atoms with Crippen LogP contribution in [0.25, 0.3) is 21.3 Å². The van der Waals surface area contributed by atoms with Crippen LogP contribution in [0.15, 0.2) is 71.3 Å². The van der Waals surface area contributed by atoms with E-state index in [0.717, 1.165) is 21.3 Å². The second-order valence-corrected chi connectivity index (χ2v) is 8.25. The Morgan fingerprint density at radius 1 is 1.03 bits per heavy atom. The summed E-state index contributed by atoms with van der Waals surface area (Å²) in [6.07, 6.45) is 1.49. The standard InChI is InChI=1S/C21H14ClN3O2S2/c22-16-9-5-4-8-14(16)19(27)25-17(26)11-29-21-18-15(13-6-2-1-3-7-13)10-28-20(18)23-12-24-21/h1-10,12H,11H2,(H,25,26,27). The molecule has 0 spiro atoms. The zero-order valence-corrected chi connectivity index (χ0v) is 17.4. The average Bonchev–Trinajstić information content (AvgIpc) is 3.18. The molecule has 2 heterocycles. The first-order valence-corrected chi connectivity index (χ1v) is 10.9. The summed E-state index contributed by atoms with van der Waals surface area (Å²) < 4.78 is 0. The highest BCUT2D eigenvalue weighted by molar-refractivity contribution is 8.00. The van der Waals surface area contributed by atoms with Crippen LogP contribution in [0.5, 0.6) is 0 Å². The van der Waals surface area contributed by atoms with Crippen LogP contribution < -0.4 is 5.32 Å². The number of halogens is 1. The number of fused-ring (bicyclic) bond motifs is 1. The van der Waals surface area contributed by atoms with Crippen molar-refractivity contribution in [3.8, 4) is 11.1 Å². The zero-order valence-electron chi connectivity index (χ0n) is 15.0. The molecule has 1 N–H and O–H groups in total. The molecule has 0 unspecified atom stereocenters. The smallest absolute Gasteiger partial charge is 0.259 e. The van der Waals surface area contributed by atoms with Crippen LogP contribution in [-0.2, 0) is 4.79 Å². The summed E-state index contributed by atoms with van der Waals surface area (Å²) in [4.78, 5) is 34.1. The zero-order chi connectivity index (χ0) is 20.2. The Morgan fingerprint density at radius 3 is 2.59 bits per heavy atom. The number of nitrogens with one attached hydrogen (secondary N) is 1. The summed E-state index contributed by atoms with van der Waals surface area (Å²) in [5, 5.41) is 6.33. The van der Waals surface area contributed by atoms with Crippen LogP contribution in [0.1, 0.15) is 10.4 Å². The van der Waals surface area contributed by atoms with Crippen LogP contribution in [-0.4, -0.2) is 27.5 Å². The predicted octanol–water partition coefficient (Wildman–Crippen LogP) is 5.06. The fraction of sp³-hybridized carbons (Fsp3) is 0.0476. The molecule has 2 amide bonds. The second-order valence-electron chi connectivity index (χ2n) is 6.02. The van der Waals surface area contributed by atoms with E-state index in [-0.39, 0.29) is 11.3 Å². The second kappa shape index (κ2) is 8.73. The third-order valence-electron chi connectivity index (χ3n) is 4.13. The molecule has 0 radical (unpaired) electrons. The van der Waals surface area contributed by atoms with Gasteiger partial charge in [-0.1, -0.05) is 65.8 Å². The third-order valence-corrected chi connectivity index (χ3v) is 6.34. The first kappa shape index (κ1) is 19.6. The van der Waals surface area contributed by atoms with Crippen molar-refractivity contribution in [1.82, 2.24) is 15.3 Å². The number of aromatic nitrogens is 2. The molecule has 2 aromatic heterocycles. The van der Waals surface area contributed by atoms with Gasteiger partial charge in [-0.2, -0.15) is 0 Å². The van der Waals surface area contributed by atoms with Gasteiger partial charge < -0.3 is 0 Å². The molecule has 29 heavy (non-hydrogen) atoms. The number of hydrogen-bond donors (Lipinski definition) is 1. The fourth-order valence-corrected chi connectivity index (χ4v) is 4.81. The van der Waals surface area contributed by atoms with Crippen LogP contribution in [0.4, 0.5) is 0 Å². The van der Waals surface area contributed by atoms with Gasteiger partial charge in [-0.15, -0.1) is 11.3 Å². The maximum Gasteiger partial charge on any atom is 0.259 e. The molecule has 4 rings (SSSR count). The number of carbonyl (C=O) groups is 2. The van der Waals surface area contributed by atoms with E-state index >= 15 is 0 Å². The van der Waals surface area contributed by atoms with Crippen molar-refractivity contribution in [3.63, 3.8) is 0 Å². The normalized spacial score (nSPS) is 10.8. The topological polar surface area (TPSA) is 72.0 Å². The van der Waals surface area contributed by atoms with Gasteiger partial charge in [0, 0.05) is 10.9 Å². The molecule has 2 aromatic carbocycles. The minimum Gasteiger partial charge on any atom is -0.292 e. The molecule has 0 aliphatic carbocycles. The van der Waals surface area contributed by atoms with Gasteiger partial charge in [0.2, 0.25) is 5.91 Å². The maximum atomic E-state index is 12.3. The van der Waals surface area contributed by atoms with Crippen molar-refractivity contribution in [2.24, 2.45) is 0 Å². The average molecular weight is 440 g/mol. The van der Waals surface area contributed by atoms with E-state index in [1.807, 2.05) is 35.7 Å². The van der Waals surface area contributed by atoms with Crippen molar-refractivity contribution in [2.75, 3.05) is 5.75 Å². The van der Waals surface area contributed by atoms with Crippen molar-refractivity contribution in [2.45, 2.75) is 5.03 Å². The maximum absolute atomic E-state index is 12.3. The lowest BCUT2D eigenvalue weighted by Crippen LogP contribution is -2.32. The van der Waals surface area contributed by atoms with Gasteiger partial charge in [0.25, 0.3) is 5.91 Å². The van der Waals surface area contributed by atoms with E-state index in [2.05, 4.69) is 15.3 Å². The lowest BCUT2D eigenvalue weighted by molar-refractivity contribution is -0.117. The summed E-state index contributed by atoms with van der Waals surface area (Å²) in [5.41, 5.74) is 2.36. The summed E-state index contributed by atoms with van der Waals surface area (Å²) in [7, 11) is 0. The first-order valence-electron chi connectivity index (χ1n) is 8.62. The molecular formula is C21H14ClN3O2S2. The Labute approximate surface area is 180 Å². The Morgan fingerprint density at radius 2 is 1.79 bits per heavy atom. The van der Waals surface area contributed by atoms with E-state index < -0.39 is 11.8 Å². The lowest BCUT2D eigenvalue weighted by Gasteiger charge is -2.07. The molecule has 8 heteroatoms. The minimum absolute atomic E-state index is 0.0480. The molecule has 144 valence electrons. The van der Waals surface area contributed by atoms with Gasteiger partial charge in [-0.3, -0.25) is 14.9 Å². The largest absolute Gasteiger partial charge is 0.292 e. The molecule has 0 atom stereocenters. The number of benzene rings is 2. The summed E-state index contributed by atoms with van der Waals surface area (Å²) in [6, 6.07) is 16.6. The van der Waals surface area contributed by atoms with Crippen molar-refractivity contribution in [1.29, 1.82) is 0 Å². The number of hydrogen-bond acceptors (Lipinski definition) is 6. The fourth-order valence-electron chi connectivity index (χ4n) is 2.80. The summed E-state index contributed by atoms with van der Waals surface area (Å²) in [5.74, 6) is -0.885. The molecule has 0 saturated heterocycles. The SMILES string of the molecule is O=C(CSc1ncnc2scc(-c3ccccc3)c12)NC(=O)c1ccccc1Cl. The quantitative estimate of drug-likeness (QED) is 0.347. The molecule has 0 fully saturated rings. The van der Waals surface area contributed by atoms with Crippen LogP contribution in [0.2, 0.25) is 5.02 Å². The van der Waals surface area contributed by atoms with Crippen LogP contribution in [0, 0.1) is 0 Å². The number of amides is 2. The number of carbonyl (C=O) groups excluding carboxylic acids is 2. The van der Waals surface area contributed by atoms with Gasteiger partial charge in [0.15, 0.2) is 0 Å². The molecular weight excluding hydrogens is 426 g/mol. The number of imide groups is 1. The highest BCUT2D eigenvalue weighted by Gasteiger charge is 2.17. The molecule has 0 saturated carbocycles. The van der Waals surface area contributed by atoms with Gasteiger partial charge in [-0.05, 0) is 17.7 Å². The highest BCUT2D eigenvalue weighted by Crippen LogP contribution is 2.37. The van der Waals surface area contributed by atoms with Crippen LogP contribution >= 0.6 is 34.7 Å². The molecule has 0 bridgehead atoms. The third kappa shape index (κ3) is 4.32. The van der Waals surface area contributed by atoms with Gasteiger partial charge in [0.1, 0.15) is 16.2 Å². The van der Waals surface area contributed by atoms with E-state index in [4.69, 9.17) is 11.6 Å². The number of thioether (sulfide) groups is 1. The molecule has 0 aliphatic heterocycles. The summed E-state index contributed by atoms with van der Waals surface area (Å²) >= 11 is 8.81. The van der Waals surface area contributed by atoms with Crippen molar-refractivity contribution in [3.05, 3.63) is 76.9 Å². The molecule has 5 nitrogen and oxygen atoms in total. The van der Waals surface area contributed by atoms with Gasteiger partial charge in [0.05, 0.1) is 21.7 Å². The Bertz CT molecular complexity index is 1190. The number of nitrogens with zero attached hydrogens (tertiary/aromatic N) is 2. The van der Waals surface area contributed by atoms with E-state index in [1.165, 1.54) is 29.4 Å². The van der Waals surface area contributed by atoms with Crippen LogP contribution in [0.3, 0.4) is 0 Å². The monoisotopic (exact) mass is 439 g/mol. The van der Waals surface area contributed by atoms with Gasteiger partial charge >= 0.3 is 0 Å². The lowest BCUT2D eigenvalue weighted by atomic mass is 10.1. The van der Waals surface area contributed by atoms with E-state index in [1.54, 1.807) is 24.3 Å². The Kier molecular flexibility index (Phi) is 5.89. The molecule has 0 aliphatic rings. The highest BCUT2D eigenvalue weighted by atomic mass is 35.5. The Balaban J connectivity index is 1.51. The number of thiophene rings is 1. The predicted molar refractivity (Wildman–Crippen MR) is 118 cm³/mol. The van der Waals surface area contributed by atoms with E-state index in [0.29, 0.717) is 10.0 Å². The van der Waals surface area contributed by atoms with Crippen molar-refractivity contribution < 1.29 is 9.59 Å². The van der Waals surface area contributed by atoms with Gasteiger partial charge in [-0.25, -0.2) is 9.97 Å². The summed E-state index contributed by atoms with van der Waals surface area (Å²) in [6.45, 7) is 0.